The number of carboxylic acid groups (broad SMARTS) is 4. The van der Waals surface area contributed by atoms with Crippen LogP contribution in [0, 0.1) is 0 Å². The van der Waals surface area contributed by atoms with E-state index in [1.54, 1.807) is 0 Å². The molecule has 0 radical (unpaired) electrons. The molecular weight excluding hydrogens is 1190 g/mol. The maximum atomic E-state index is 12.9. The fourth-order valence-corrected chi connectivity index (χ4v) is 9.96. The lowest BCUT2D eigenvalue weighted by Crippen LogP contribution is -2.56. The van der Waals surface area contributed by atoms with Gasteiger partial charge in [0.2, 0.25) is 11.8 Å². The molecule has 25 nitrogen and oxygen atoms in total. The SMILES string of the molecule is CCCCCCCCCCCCCCCC(=O)OC[C@H](CSC[C@H](N)C(=O)N[C@@H](CO)C(=O)N[C@@H](CCCCN)C(=O)O)OC(=O)CCCCCCCCCCCCCCC.NCCCC[C@H](N)C(=O)O.NCCCC[C@H](N)C(=O)O.NCCCC[C@H](N)C(=O)O. The Morgan fingerprint density at radius 1 is 0.374 bits per heavy atom. The number of hydrogen-bond donors (Lipinski definition) is 15. The molecule has 0 aliphatic carbocycles. The molecule has 0 saturated carbocycles. The summed E-state index contributed by atoms with van der Waals surface area (Å²) in [6.07, 6.45) is 39.0. The number of esters is 2. The molecule has 2 amide bonds. The van der Waals surface area contributed by atoms with Crippen molar-refractivity contribution < 1.29 is 73.4 Å². The van der Waals surface area contributed by atoms with E-state index in [9.17, 15) is 48.6 Å². The normalized spacial score (nSPS) is 13.2. The van der Waals surface area contributed by atoms with E-state index in [1.165, 1.54) is 134 Å². The molecule has 0 rings (SSSR count). The smallest absolute Gasteiger partial charge is 0.326 e. The Morgan fingerprint density at radius 3 is 1.01 bits per heavy atom. The lowest BCUT2D eigenvalue weighted by molar-refractivity contribution is -0.157. The van der Waals surface area contributed by atoms with Gasteiger partial charge in [0.05, 0.1) is 12.6 Å². The molecule has 23 N–H and O–H groups in total. The summed E-state index contributed by atoms with van der Waals surface area (Å²) in [4.78, 5) is 93.1. The molecule has 0 heterocycles. The Morgan fingerprint density at radius 2 is 0.692 bits per heavy atom. The number of aliphatic carboxylic acids is 4. The van der Waals surface area contributed by atoms with Crippen LogP contribution < -0.4 is 56.5 Å². The van der Waals surface area contributed by atoms with Gasteiger partial charge in [-0.2, -0.15) is 11.8 Å². The highest BCUT2D eigenvalue weighted by Gasteiger charge is 2.28. The molecule has 0 unspecified atom stereocenters. The Kier molecular flexibility index (Phi) is 71.7. The van der Waals surface area contributed by atoms with Gasteiger partial charge in [0.1, 0.15) is 42.9 Å². The van der Waals surface area contributed by atoms with E-state index in [1.807, 2.05) is 0 Å². The minimum atomic E-state index is -1.40. The first-order chi connectivity index (χ1) is 43.6. The topological polar surface area (TPSA) is 488 Å². The molecule has 538 valence electrons. The maximum Gasteiger partial charge on any atom is 0.326 e. The van der Waals surface area contributed by atoms with Gasteiger partial charge in [-0.3, -0.25) is 33.6 Å². The molecule has 0 aromatic carbocycles. The molecule has 91 heavy (non-hydrogen) atoms. The van der Waals surface area contributed by atoms with E-state index in [4.69, 9.17) is 70.7 Å². The van der Waals surface area contributed by atoms with Crippen LogP contribution in [0.3, 0.4) is 0 Å². The average Bonchev–Trinajstić information content (AvgIpc) is 3.70. The number of carboxylic acids is 4. The largest absolute Gasteiger partial charge is 0.480 e. The van der Waals surface area contributed by atoms with Gasteiger partial charge in [-0.25, -0.2) is 4.79 Å². The number of nitrogens with one attached hydrogen (secondary N) is 2. The molecule has 0 fully saturated rings. The van der Waals surface area contributed by atoms with Crippen molar-refractivity contribution >= 4 is 59.4 Å². The first-order valence-corrected chi connectivity index (χ1v) is 35.7. The highest BCUT2D eigenvalue weighted by Crippen LogP contribution is 2.17. The van der Waals surface area contributed by atoms with Crippen LogP contribution in [-0.4, -0.2) is 166 Å². The number of nitrogens with two attached hydrogens (primary N) is 8. The van der Waals surface area contributed by atoms with Crippen molar-refractivity contribution in [3.8, 4) is 0 Å². The summed E-state index contributed by atoms with van der Waals surface area (Å²) in [5, 5.41) is 49.0. The van der Waals surface area contributed by atoms with E-state index >= 15 is 0 Å². The number of aliphatic hydroxyl groups excluding tert-OH is 1. The summed E-state index contributed by atoms with van der Waals surface area (Å²) in [7, 11) is 0. The summed E-state index contributed by atoms with van der Waals surface area (Å²) in [6.45, 7) is 5.83. The van der Waals surface area contributed by atoms with Gasteiger partial charge in [-0.05, 0) is 96.8 Å². The van der Waals surface area contributed by atoms with E-state index < -0.39 is 84.7 Å². The molecule has 0 bridgehead atoms. The second-order valence-corrected chi connectivity index (χ2v) is 24.6. The fraction of sp³-hybridized carbons (Fsp3) is 0.877. The van der Waals surface area contributed by atoms with Crippen LogP contribution in [0.2, 0.25) is 0 Å². The minimum Gasteiger partial charge on any atom is -0.480 e. The van der Waals surface area contributed by atoms with Crippen molar-refractivity contribution in [2.24, 2.45) is 45.9 Å². The third-order valence-corrected chi connectivity index (χ3v) is 16.1. The zero-order chi connectivity index (χ0) is 69.1. The van der Waals surface area contributed by atoms with Crippen molar-refractivity contribution in [1.82, 2.24) is 10.6 Å². The predicted molar refractivity (Wildman–Crippen MR) is 364 cm³/mol. The van der Waals surface area contributed by atoms with Crippen LogP contribution in [-0.2, 0) is 47.8 Å². The number of unbranched alkanes of at least 4 members (excludes halogenated alkanes) is 28. The minimum absolute atomic E-state index is 0.0856. The number of amides is 2. The second kappa shape index (κ2) is 70.1. The lowest BCUT2D eigenvalue weighted by atomic mass is 10.0. The Bertz CT molecular complexity index is 1710. The molecular formula is C65H132N10O15S. The zero-order valence-electron chi connectivity index (χ0n) is 56.3. The number of aliphatic hydroxyl groups is 1. The molecule has 7 atom stereocenters. The van der Waals surface area contributed by atoms with Crippen molar-refractivity contribution in [1.29, 1.82) is 0 Å². The number of hydrogen-bond acceptors (Lipinski definition) is 20. The fourth-order valence-electron chi connectivity index (χ4n) is 8.99. The Balaban J connectivity index is -0.00000101. The van der Waals surface area contributed by atoms with Crippen LogP contribution in [0.4, 0.5) is 0 Å². The highest BCUT2D eigenvalue weighted by atomic mass is 32.2. The van der Waals surface area contributed by atoms with E-state index in [-0.39, 0.29) is 42.9 Å². The van der Waals surface area contributed by atoms with Gasteiger partial charge in [0.15, 0.2) is 0 Å². The summed E-state index contributed by atoms with van der Waals surface area (Å²) < 4.78 is 11.3. The van der Waals surface area contributed by atoms with E-state index in [0.717, 1.165) is 83.5 Å². The van der Waals surface area contributed by atoms with Crippen LogP contribution >= 0.6 is 11.8 Å². The van der Waals surface area contributed by atoms with Crippen molar-refractivity contribution in [3.63, 3.8) is 0 Å². The molecule has 0 aromatic rings. The molecule has 0 aromatic heterocycles. The quantitative estimate of drug-likeness (QED) is 0.0211. The summed E-state index contributed by atoms with van der Waals surface area (Å²) in [6, 6.07) is -5.83. The van der Waals surface area contributed by atoms with Crippen LogP contribution in [0.25, 0.3) is 0 Å². The molecule has 0 aliphatic heterocycles. The van der Waals surface area contributed by atoms with Gasteiger partial charge in [-0.1, -0.05) is 187 Å². The van der Waals surface area contributed by atoms with Crippen molar-refractivity contribution in [2.75, 3.05) is 50.9 Å². The summed E-state index contributed by atoms with van der Waals surface area (Å²) in [5.74, 6) is -5.96. The van der Waals surface area contributed by atoms with Crippen LogP contribution in [0.1, 0.15) is 271 Å². The molecule has 26 heteroatoms. The third-order valence-electron chi connectivity index (χ3n) is 14.9. The molecule has 0 spiro atoms. The Labute approximate surface area is 551 Å². The summed E-state index contributed by atoms with van der Waals surface area (Å²) >= 11 is 1.24. The van der Waals surface area contributed by atoms with Crippen molar-refractivity contribution in [3.05, 3.63) is 0 Å². The molecule has 0 saturated heterocycles. The summed E-state index contributed by atoms with van der Waals surface area (Å²) in [5.41, 5.74) is 42.9. The van der Waals surface area contributed by atoms with Crippen LogP contribution in [0.15, 0.2) is 0 Å². The van der Waals surface area contributed by atoms with Crippen LogP contribution in [0.5, 0.6) is 0 Å². The van der Waals surface area contributed by atoms with Gasteiger partial charge in [0.25, 0.3) is 0 Å². The first-order valence-electron chi connectivity index (χ1n) is 34.5. The zero-order valence-corrected chi connectivity index (χ0v) is 57.1. The maximum absolute atomic E-state index is 12.9. The average molecular weight is 1330 g/mol. The number of thioether (sulfide) groups is 1. The standard InChI is InChI=1S/C47H90N4O9S.3C6H14N2O2/c1-3-5-7-9-11-13-15-17-19-21-23-25-27-32-43(53)59-36-39(60-44(54)33-28-26-24-22-20-18-16-14-12-10-8-6-4-2)37-61-38-40(49)45(55)51-42(35-52)46(56)50-41(47(57)58)31-29-30-34-48;3*7-4-2-1-3-5(8)6(9)10/h39-42,52H,3-38,48-49H2,1-2H3,(H,50,56)(H,51,55)(H,57,58);3*5H,1-4,7-8H2,(H,9,10)/t39-,40+,41+,42+;3*5-/m1000/s1. The highest BCUT2D eigenvalue weighted by molar-refractivity contribution is 7.99. The number of carbonyl (C=O) groups is 8. The molecule has 0 aliphatic rings. The number of rotatable bonds is 60. The van der Waals surface area contributed by atoms with Gasteiger partial charge in [0, 0.05) is 24.3 Å². The lowest BCUT2D eigenvalue weighted by Gasteiger charge is -2.22. The second-order valence-electron chi connectivity index (χ2n) is 23.5. The number of ether oxygens (including phenoxy) is 2. The predicted octanol–water partition coefficient (Wildman–Crippen LogP) is 7.22. The van der Waals surface area contributed by atoms with Gasteiger partial charge < -0.3 is 91.5 Å². The van der Waals surface area contributed by atoms with Gasteiger partial charge in [-0.15, -0.1) is 0 Å². The Hall–Kier alpha value is -4.25. The first kappa shape index (κ1) is 93.2. The third kappa shape index (κ3) is 67.0. The van der Waals surface area contributed by atoms with Crippen molar-refractivity contribution in [2.45, 2.75) is 313 Å². The van der Waals surface area contributed by atoms with Gasteiger partial charge >= 0.3 is 35.8 Å². The van der Waals surface area contributed by atoms with E-state index in [0.29, 0.717) is 64.7 Å². The monoisotopic (exact) mass is 1320 g/mol. The number of carbonyl (C=O) groups excluding carboxylic acids is 4. The van der Waals surface area contributed by atoms with E-state index in [2.05, 4.69) is 24.5 Å².